The van der Waals surface area contributed by atoms with E-state index in [9.17, 15) is 0 Å². The molecule has 0 aliphatic heterocycles. The number of aryl methyl sites for hydroxylation is 1. The molecule has 0 fully saturated rings. The molecule has 0 unspecified atom stereocenters. The van der Waals surface area contributed by atoms with E-state index in [0.29, 0.717) is 12.4 Å². The highest BCUT2D eigenvalue weighted by atomic mass is 32.1. The largest absolute Gasteiger partial charge is 0.496 e. The van der Waals surface area contributed by atoms with Crippen molar-refractivity contribution in [2.75, 3.05) is 7.11 Å². The quantitative estimate of drug-likeness (QED) is 0.547. The number of fused-ring (bicyclic) bond motifs is 1. The lowest BCUT2D eigenvalue weighted by molar-refractivity contribution is 0.304. The maximum Gasteiger partial charge on any atom is 0.235 e. The third-order valence-electron chi connectivity index (χ3n) is 3.73. The van der Waals surface area contributed by atoms with Crippen LogP contribution in [0.25, 0.3) is 16.3 Å². The summed E-state index contributed by atoms with van der Waals surface area (Å²) >= 11 is 1.46. The topological polar surface area (TPSA) is 61.5 Å². The molecule has 0 radical (unpaired) electrons. The van der Waals surface area contributed by atoms with Crippen LogP contribution in [0.5, 0.6) is 11.5 Å². The summed E-state index contributed by atoms with van der Waals surface area (Å²) in [4.78, 5) is 0.726. The van der Waals surface area contributed by atoms with E-state index in [0.717, 1.165) is 32.6 Å². The Balaban J connectivity index is 1.62. The molecule has 126 valence electrons. The fourth-order valence-electron chi connectivity index (χ4n) is 2.56. The number of ether oxygens (including phenoxy) is 2. The van der Waals surface area contributed by atoms with Crippen molar-refractivity contribution < 1.29 is 9.47 Å². The van der Waals surface area contributed by atoms with E-state index in [1.165, 1.54) is 11.3 Å². The molecule has 4 rings (SSSR count). The second-order valence-electron chi connectivity index (χ2n) is 5.52. The van der Waals surface area contributed by atoms with Gasteiger partial charge in [-0.3, -0.25) is 0 Å². The van der Waals surface area contributed by atoms with Crippen molar-refractivity contribution in [1.82, 2.24) is 19.8 Å². The van der Waals surface area contributed by atoms with Crippen LogP contribution in [0.15, 0.2) is 48.5 Å². The van der Waals surface area contributed by atoms with Crippen molar-refractivity contribution in [2.45, 2.75) is 13.5 Å². The molecule has 0 amide bonds. The molecule has 0 spiro atoms. The van der Waals surface area contributed by atoms with Crippen LogP contribution in [0.1, 0.15) is 10.6 Å². The molecule has 0 aliphatic rings. The van der Waals surface area contributed by atoms with Crippen LogP contribution in [0.3, 0.4) is 0 Å². The highest BCUT2D eigenvalue weighted by molar-refractivity contribution is 7.16. The molecule has 4 aromatic rings. The van der Waals surface area contributed by atoms with Crippen LogP contribution in [-0.4, -0.2) is 26.9 Å². The molecular weight excluding hydrogens is 336 g/mol. The van der Waals surface area contributed by atoms with Crippen LogP contribution < -0.4 is 9.47 Å². The van der Waals surface area contributed by atoms with E-state index >= 15 is 0 Å². The van der Waals surface area contributed by atoms with Gasteiger partial charge in [0, 0.05) is 0 Å². The van der Waals surface area contributed by atoms with E-state index in [2.05, 4.69) is 15.3 Å². The van der Waals surface area contributed by atoms with Gasteiger partial charge in [-0.15, -0.1) is 10.2 Å². The first-order valence-corrected chi connectivity index (χ1v) is 8.60. The Bertz CT molecular complexity index is 1020. The maximum atomic E-state index is 5.82. The van der Waals surface area contributed by atoms with Gasteiger partial charge in [-0.05, 0) is 36.8 Å². The first kappa shape index (κ1) is 15.6. The Morgan fingerprint density at radius 2 is 1.96 bits per heavy atom. The summed E-state index contributed by atoms with van der Waals surface area (Å²) in [7, 11) is 1.64. The van der Waals surface area contributed by atoms with Crippen molar-refractivity contribution in [3.05, 3.63) is 59.1 Å². The number of benzene rings is 2. The van der Waals surface area contributed by atoms with E-state index in [1.807, 2.05) is 55.5 Å². The predicted octanol–water partition coefficient (Wildman–Crippen LogP) is 3.75. The Labute approximate surface area is 148 Å². The average Bonchev–Trinajstić information content (AvgIpc) is 3.20. The second-order valence-corrected chi connectivity index (χ2v) is 6.56. The number of aromatic nitrogens is 4. The molecule has 25 heavy (non-hydrogen) atoms. The minimum Gasteiger partial charge on any atom is -0.496 e. The van der Waals surface area contributed by atoms with Crippen molar-refractivity contribution in [3.63, 3.8) is 0 Å². The molecule has 0 atom stereocenters. The van der Waals surface area contributed by atoms with Crippen molar-refractivity contribution in [2.24, 2.45) is 0 Å². The zero-order valence-electron chi connectivity index (χ0n) is 13.8. The molecule has 7 heteroatoms. The van der Waals surface area contributed by atoms with Crippen molar-refractivity contribution >= 4 is 16.3 Å². The highest BCUT2D eigenvalue weighted by Gasteiger charge is 2.16. The SMILES string of the molecule is COc1ccccc1-c1nnc2sc(COc3cccc(C)c3)nn12. The summed E-state index contributed by atoms with van der Waals surface area (Å²) in [6.45, 7) is 2.43. The van der Waals surface area contributed by atoms with Gasteiger partial charge >= 0.3 is 0 Å². The Morgan fingerprint density at radius 1 is 1.08 bits per heavy atom. The fourth-order valence-corrected chi connectivity index (χ4v) is 3.31. The lowest BCUT2D eigenvalue weighted by Crippen LogP contribution is -1.98. The smallest absolute Gasteiger partial charge is 0.235 e. The molecule has 2 aromatic carbocycles. The lowest BCUT2D eigenvalue weighted by atomic mass is 10.2. The van der Waals surface area contributed by atoms with Gasteiger partial charge in [0.1, 0.15) is 18.1 Å². The van der Waals surface area contributed by atoms with Gasteiger partial charge in [-0.2, -0.15) is 9.61 Å². The summed E-state index contributed by atoms with van der Waals surface area (Å²) in [6.07, 6.45) is 0. The number of hydrogen-bond acceptors (Lipinski definition) is 6. The Kier molecular flexibility index (Phi) is 4.07. The summed E-state index contributed by atoms with van der Waals surface area (Å²) in [5.41, 5.74) is 2.02. The molecule has 2 aromatic heterocycles. The number of rotatable bonds is 5. The van der Waals surface area contributed by atoms with E-state index < -0.39 is 0 Å². The van der Waals surface area contributed by atoms with Gasteiger partial charge in [0.25, 0.3) is 0 Å². The van der Waals surface area contributed by atoms with Crippen LogP contribution in [0, 0.1) is 6.92 Å². The Hall–Kier alpha value is -2.93. The average molecular weight is 352 g/mol. The first-order valence-electron chi connectivity index (χ1n) is 7.78. The monoisotopic (exact) mass is 352 g/mol. The van der Waals surface area contributed by atoms with Gasteiger partial charge in [0.2, 0.25) is 4.96 Å². The third kappa shape index (κ3) is 3.06. The molecule has 0 saturated carbocycles. The highest BCUT2D eigenvalue weighted by Crippen LogP contribution is 2.29. The van der Waals surface area contributed by atoms with Crippen LogP contribution in [0.2, 0.25) is 0 Å². The van der Waals surface area contributed by atoms with Gasteiger partial charge in [0.05, 0.1) is 12.7 Å². The number of hydrogen-bond donors (Lipinski definition) is 0. The summed E-state index contributed by atoms with van der Waals surface area (Å²) in [5.74, 6) is 2.23. The van der Waals surface area contributed by atoms with E-state index in [-0.39, 0.29) is 0 Å². The van der Waals surface area contributed by atoms with Crippen molar-refractivity contribution in [3.8, 4) is 22.9 Å². The summed E-state index contributed by atoms with van der Waals surface area (Å²) < 4.78 is 13.0. The van der Waals surface area contributed by atoms with Gasteiger partial charge in [-0.25, -0.2) is 0 Å². The zero-order chi connectivity index (χ0) is 17.2. The van der Waals surface area contributed by atoms with Gasteiger partial charge in [0.15, 0.2) is 10.8 Å². The minimum absolute atomic E-state index is 0.392. The van der Waals surface area contributed by atoms with E-state index in [4.69, 9.17) is 9.47 Å². The summed E-state index contributed by atoms with van der Waals surface area (Å²) in [6, 6.07) is 15.6. The van der Waals surface area contributed by atoms with Crippen molar-refractivity contribution in [1.29, 1.82) is 0 Å². The van der Waals surface area contributed by atoms with Crippen LogP contribution in [-0.2, 0) is 6.61 Å². The number of para-hydroxylation sites is 1. The van der Waals surface area contributed by atoms with Crippen LogP contribution in [0.4, 0.5) is 0 Å². The number of methoxy groups -OCH3 is 1. The molecule has 0 saturated heterocycles. The van der Waals surface area contributed by atoms with Crippen LogP contribution >= 0.6 is 11.3 Å². The lowest BCUT2D eigenvalue weighted by Gasteiger charge is -2.05. The maximum absolute atomic E-state index is 5.82. The predicted molar refractivity (Wildman–Crippen MR) is 96.2 cm³/mol. The first-order chi connectivity index (χ1) is 12.2. The van der Waals surface area contributed by atoms with Gasteiger partial charge in [-0.1, -0.05) is 35.6 Å². The molecular formula is C18H16N4O2S. The Morgan fingerprint density at radius 3 is 2.80 bits per heavy atom. The minimum atomic E-state index is 0.392. The normalized spacial score (nSPS) is 11.0. The fraction of sp³-hybridized carbons (Fsp3) is 0.167. The molecule has 2 heterocycles. The molecule has 6 nitrogen and oxygen atoms in total. The standard InChI is InChI=1S/C18H16N4O2S/c1-12-6-5-7-13(10-12)24-11-16-21-22-17(19-20-18(22)25-16)14-8-3-4-9-15(14)23-2/h3-10H,11H2,1-2H3. The summed E-state index contributed by atoms with van der Waals surface area (Å²) in [5, 5.41) is 13.9. The van der Waals surface area contributed by atoms with E-state index in [1.54, 1.807) is 11.6 Å². The molecule has 0 N–H and O–H groups in total. The number of nitrogens with zero attached hydrogens (tertiary/aromatic N) is 4. The second kappa shape index (κ2) is 6.52. The zero-order valence-corrected chi connectivity index (χ0v) is 14.7. The molecule has 0 aliphatic carbocycles. The van der Waals surface area contributed by atoms with Gasteiger partial charge < -0.3 is 9.47 Å². The third-order valence-corrected chi connectivity index (χ3v) is 4.60. The molecule has 0 bridgehead atoms.